The molecule has 0 heterocycles. The van der Waals surface area contributed by atoms with Crippen LogP contribution in [0.2, 0.25) is 0 Å². The van der Waals surface area contributed by atoms with E-state index in [-0.39, 0.29) is 24.5 Å². The molecule has 108 valence electrons. The van der Waals surface area contributed by atoms with Crippen LogP contribution in [-0.2, 0) is 20.2 Å². The number of hydrogen-bond acceptors (Lipinski definition) is 5. The average Bonchev–Trinajstić information content (AvgIpc) is 2.17. The lowest BCUT2D eigenvalue weighted by molar-refractivity contribution is 0.479. The number of nitrogens with one attached hydrogen (secondary N) is 1. The lowest BCUT2D eigenvalue weighted by Crippen LogP contribution is -2.23. The average molecular weight is 301 g/mol. The first-order valence-corrected chi connectivity index (χ1v) is 8.60. The summed E-state index contributed by atoms with van der Waals surface area (Å²) in [5.74, 6) is -0.668. The van der Waals surface area contributed by atoms with Crippen molar-refractivity contribution in [3.63, 3.8) is 0 Å². The molecule has 3 N–H and O–H groups in total. The Balaban J connectivity index is 3.53. The molecule has 0 amide bonds. The molecule has 0 rings (SSSR count). The molecule has 9 heteroatoms. The summed E-state index contributed by atoms with van der Waals surface area (Å²) in [6, 6.07) is 0. The summed E-state index contributed by atoms with van der Waals surface area (Å²) < 4.78 is 58.6. The fourth-order valence-corrected chi connectivity index (χ4v) is 2.14. The van der Waals surface area contributed by atoms with E-state index in [0.29, 0.717) is 25.0 Å². The van der Waals surface area contributed by atoms with Gasteiger partial charge in [-0.3, -0.25) is 9.11 Å². The minimum absolute atomic E-state index is 0.163. The third kappa shape index (κ3) is 13.6. The van der Waals surface area contributed by atoms with E-state index in [2.05, 4.69) is 11.9 Å². The molecule has 0 spiro atoms. The lowest BCUT2D eigenvalue weighted by atomic mass is 10.1. The van der Waals surface area contributed by atoms with Crippen LogP contribution in [0.5, 0.6) is 0 Å². The zero-order valence-corrected chi connectivity index (χ0v) is 11.6. The standard InChI is InChI=1S/C9H19NO6S2/c1-9(4-7-17(11,12)13)3-2-5-10-6-8-18(14,15)16/h10H,1-8H2,(H,11,12,13)(H,14,15,16). The van der Waals surface area contributed by atoms with Gasteiger partial charge in [0.2, 0.25) is 0 Å². The maximum atomic E-state index is 10.5. The molecular weight excluding hydrogens is 282 g/mol. The summed E-state index contributed by atoms with van der Waals surface area (Å²) in [6.45, 7) is 4.38. The number of hydrogen-bond donors (Lipinski definition) is 3. The topological polar surface area (TPSA) is 121 Å². The van der Waals surface area contributed by atoms with Crippen molar-refractivity contribution in [3.05, 3.63) is 12.2 Å². The summed E-state index contributed by atoms with van der Waals surface area (Å²) in [4.78, 5) is 0. The van der Waals surface area contributed by atoms with Gasteiger partial charge < -0.3 is 5.32 Å². The Kier molecular flexibility index (Phi) is 7.64. The summed E-state index contributed by atoms with van der Waals surface area (Å²) in [6.07, 6.45) is 1.48. The van der Waals surface area contributed by atoms with E-state index < -0.39 is 20.2 Å². The summed E-state index contributed by atoms with van der Waals surface area (Å²) in [7, 11) is -7.87. The first-order chi connectivity index (χ1) is 8.10. The maximum absolute atomic E-state index is 10.5. The number of allylic oxidation sites excluding steroid dienone is 1. The first-order valence-electron chi connectivity index (χ1n) is 5.38. The molecule has 0 unspecified atom stereocenters. The SMILES string of the molecule is C=C(CCCNCCS(=O)(=O)O)CCS(=O)(=O)O. The van der Waals surface area contributed by atoms with Crippen molar-refractivity contribution >= 4 is 20.2 Å². The van der Waals surface area contributed by atoms with Crippen LogP contribution < -0.4 is 5.32 Å². The van der Waals surface area contributed by atoms with Gasteiger partial charge in [0.25, 0.3) is 20.2 Å². The van der Waals surface area contributed by atoms with Gasteiger partial charge in [-0.05, 0) is 25.8 Å². The zero-order chi connectivity index (χ0) is 14.2. The van der Waals surface area contributed by atoms with Crippen molar-refractivity contribution in [3.8, 4) is 0 Å². The molecule has 0 saturated carbocycles. The molecule has 0 aromatic rings. The molecule has 0 atom stereocenters. The monoisotopic (exact) mass is 301 g/mol. The predicted molar refractivity (Wildman–Crippen MR) is 68.7 cm³/mol. The Morgan fingerprint density at radius 1 is 0.944 bits per heavy atom. The Hall–Kier alpha value is -0.480. The Morgan fingerprint density at radius 2 is 1.50 bits per heavy atom. The van der Waals surface area contributed by atoms with Crippen LogP contribution in [0.15, 0.2) is 12.2 Å². The molecule has 0 aliphatic carbocycles. The van der Waals surface area contributed by atoms with E-state index in [0.717, 1.165) is 0 Å². The van der Waals surface area contributed by atoms with Crippen LogP contribution in [0, 0.1) is 0 Å². The van der Waals surface area contributed by atoms with E-state index >= 15 is 0 Å². The molecule has 7 nitrogen and oxygen atoms in total. The van der Waals surface area contributed by atoms with Gasteiger partial charge in [0.05, 0.1) is 11.5 Å². The highest BCUT2D eigenvalue weighted by Crippen LogP contribution is 2.07. The Bertz CT molecular complexity index is 453. The number of rotatable bonds is 10. The van der Waals surface area contributed by atoms with Gasteiger partial charge >= 0.3 is 0 Å². The largest absolute Gasteiger partial charge is 0.316 e. The molecule has 0 aliphatic rings. The van der Waals surface area contributed by atoms with Crippen LogP contribution in [0.4, 0.5) is 0 Å². The summed E-state index contributed by atoms with van der Waals surface area (Å²) >= 11 is 0. The van der Waals surface area contributed by atoms with Crippen LogP contribution >= 0.6 is 0 Å². The molecule has 0 saturated heterocycles. The predicted octanol–water partition coefficient (Wildman–Crippen LogP) is 0.0781. The molecule has 0 aliphatic heterocycles. The summed E-state index contributed by atoms with van der Waals surface area (Å²) in [5, 5.41) is 2.82. The van der Waals surface area contributed by atoms with Gasteiger partial charge in [0, 0.05) is 6.54 Å². The highest BCUT2D eigenvalue weighted by Gasteiger charge is 2.06. The molecule has 0 radical (unpaired) electrons. The fraction of sp³-hybridized carbons (Fsp3) is 0.778. The molecule has 0 aromatic carbocycles. The van der Waals surface area contributed by atoms with Gasteiger partial charge in [-0.2, -0.15) is 16.8 Å². The van der Waals surface area contributed by atoms with Crippen molar-refractivity contribution in [2.75, 3.05) is 24.6 Å². The normalized spacial score (nSPS) is 12.6. The van der Waals surface area contributed by atoms with E-state index in [1.165, 1.54) is 0 Å². The third-order valence-electron chi connectivity index (χ3n) is 2.13. The van der Waals surface area contributed by atoms with E-state index in [9.17, 15) is 16.8 Å². The summed E-state index contributed by atoms with van der Waals surface area (Å²) in [5.41, 5.74) is 0.712. The fourth-order valence-electron chi connectivity index (χ4n) is 1.19. The highest BCUT2D eigenvalue weighted by atomic mass is 32.2. The quantitative estimate of drug-likeness (QED) is 0.297. The van der Waals surface area contributed by atoms with Crippen LogP contribution in [0.3, 0.4) is 0 Å². The smallest absolute Gasteiger partial charge is 0.266 e. The van der Waals surface area contributed by atoms with Crippen molar-refractivity contribution in [2.45, 2.75) is 19.3 Å². The van der Waals surface area contributed by atoms with Gasteiger partial charge in [-0.15, -0.1) is 0 Å². The van der Waals surface area contributed by atoms with Crippen LogP contribution in [-0.4, -0.2) is 50.5 Å². The van der Waals surface area contributed by atoms with Crippen LogP contribution in [0.25, 0.3) is 0 Å². The van der Waals surface area contributed by atoms with Crippen molar-refractivity contribution in [2.24, 2.45) is 0 Å². The second-order valence-electron chi connectivity index (χ2n) is 3.93. The van der Waals surface area contributed by atoms with E-state index in [4.69, 9.17) is 9.11 Å². The third-order valence-corrected chi connectivity index (χ3v) is 3.57. The first kappa shape index (κ1) is 17.5. The minimum atomic E-state index is -3.95. The maximum Gasteiger partial charge on any atom is 0.266 e. The highest BCUT2D eigenvalue weighted by molar-refractivity contribution is 7.86. The van der Waals surface area contributed by atoms with Crippen molar-refractivity contribution < 1.29 is 25.9 Å². The second kappa shape index (κ2) is 7.85. The minimum Gasteiger partial charge on any atom is -0.316 e. The lowest BCUT2D eigenvalue weighted by Gasteiger charge is -2.05. The van der Waals surface area contributed by atoms with E-state index in [1.54, 1.807) is 0 Å². The molecule has 0 fully saturated rings. The van der Waals surface area contributed by atoms with E-state index in [1.807, 2.05) is 0 Å². The molecule has 0 aromatic heterocycles. The van der Waals surface area contributed by atoms with Gasteiger partial charge in [0.15, 0.2) is 0 Å². The molecular formula is C9H19NO6S2. The Labute approximate surface area is 108 Å². The van der Waals surface area contributed by atoms with Crippen LogP contribution in [0.1, 0.15) is 19.3 Å². The van der Waals surface area contributed by atoms with Gasteiger partial charge in [-0.1, -0.05) is 12.2 Å². The zero-order valence-electron chi connectivity index (χ0n) is 10.0. The van der Waals surface area contributed by atoms with Gasteiger partial charge in [-0.25, -0.2) is 0 Å². The van der Waals surface area contributed by atoms with Gasteiger partial charge in [0.1, 0.15) is 0 Å². The molecule has 18 heavy (non-hydrogen) atoms. The molecule has 0 bridgehead atoms. The Morgan fingerprint density at radius 3 is 2.00 bits per heavy atom. The second-order valence-corrected chi connectivity index (χ2v) is 7.07. The van der Waals surface area contributed by atoms with Crippen molar-refractivity contribution in [1.29, 1.82) is 0 Å². The van der Waals surface area contributed by atoms with Crippen molar-refractivity contribution in [1.82, 2.24) is 5.32 Å².